The second-order valence-electron chi connectivity index (χ2n) is 1.64. The van der Waals surface area contributed by atoms with Gasteiger partial charge in [-0.15, -0.1) is 6.42 Å². The second-order valence-corrected chi connectivity index (χ2v) is 1.64. The Bertz CT molecular complexity index is 90.7. The Labute approximate surface area is 134 Å². The van der Waals surface area contributed by atoms with Crippen LogP contribution in [-0.4, -0.2) is 23.4 Å². The Hall–Kier alpha value is 0.114. The summed E-state index contributed by atoms with van der Waals surface area (Å²) in [6, 6.07) is 0. The number of aliphatic hydroxyl groups excluding tert-OH is 2. The molecule has 0 aliphatic heterocycles. The van der Waals surface area contributed by atoms with Crippen LogP contribution < -0.4 is 0 Å². The summed E-state index contributed by atoms with van der Waals surface area (Å²) >= 11 is 0. The minimum atomic E-state index is 0. The molecule has 0 saturated heterocycles. The molecule has 1 aliphatic carbocycles. The molecule has 0 spiro atoms. The minimum absolute atomic E-state index is 0. The molecule has 0 bridgehead atoms. The van der Waals surface area contributed by atoms with Crippen molar-refractivity contribution in [3.05, 3.63) is 68.9 Å². The predicted octanol–water partition coefficient (Wildman–Crippen LogP) is 4.00. The van der Waals surface area contributed by atoms with Gasteiger partial charge < -0.3 is 54.8 Å². The van der Waals surface area contributed by atoms with Crippen LogP contribution in [0.4, 0.5) is 0 Å². The first-order chi connectivity index (χ1) is 5.33. The molecule has 1 aliphatic rings. The second kappa shape index (κ2) is 87.8. The molecule has 3 heteroatoms. The van der Waals surface area contributed by atoms with E-state index in [2.05, 4.69) is 12.2 Å². The maximum atomic E-state index is 7.57. The molecule has 0 atom stereocenters. The van der Waals surface area contributed by atoms with Crippen LogP contribution in [0.15, 0.2) is 18.2 Å². The first kappa shape index (κ1) is 63.9. The van der Waals surface area contributed by atoms with Crippen LogP contribution >= 0.6 is 0 Å². The third-order valence-corrected chi connectivity index (χ3v) is 0.586. The molecule has 0 fully saturated rings. The molecule has 0 aromatic heterocycles. The number of hydrogen-bond donors (Lipinski definition) is 2. The molecule has 18 heavy (non-hydrogen) atoms. The van der Waals surface area contributed by atoms with Crippen molar-refractivity contribution in [2.45, 2.75) is 20.3 Å². The Kier molecular flexibility index (Phi) is 312. The topological polar surface area (TPSA) is 40.5 Å². The quantitative estimate of drug-likeness (QED) is 0.524. The summed E-state index contributed by atoms with van der Waals surface area (Å²) in [7, 11) is 0. The SMILES string of the molecule is CCO.CCO.[C-]1=CC=CC1.[CH3-].[CH3-].[CH3-].[CH3-].[CH3-].[CH3-].[Ti]. The van der Waals surface area contributed by atoms with Gasteiger partial charge in [-0.3, -0.25) is 6.08 Å². The number of allylic oxidation sites excluding steroid dienone is 4. The van der Waals surface area contributed by atoms with Crippen LogP contribution in [0.3, 0.4) is 0 Å². The van der Waals surface area contributed by atoms with Gasteiger partial charge in [0, 0.05) is 34.9 Å². The first-order valence-corrected chi connectivity index (χ1v) is 3.76. The fraction of sp³-hybridized carbons (Fsp3) is 0.333. The largest absolute Gasteiger partial charge is 0.397 e. The van der Waals surface area contributed by atoms with Gasteiger partial charge in [0.1, 0.15) is 0 Å². The Morgan fingerprint density at radius 3 is 1.22 bits per heavy atom. The van der Waals surface area contributed by atoms with Gasteiger partial charge in [-0.1, -0.05) is 0 Å². The van der Waals surface area contributed by atoms with Crippen LogP contribution in [0.5, 0.6) is 0 Å². The molecule has 0 amide bonds. The summed E-state index contributed by atoms with van der Waals surface area (Å²) in [6.45, 7) is 3.86. The van der Waals surface area contributed by atoms with Gasteiger partial charge in [-0.2, -0.15) is 6.08 Å². The van der Waals surface area contributed by atoms with E-state index in [4.69, 9.17) is 10.2 Å². The van der Waals surface area contributed by atoms with Crippen LogP contribution in [0.25, 0.3) is 0 Å². The van der Waals surface area contributed by atoms with E-state index in [1.807, 2.05) is 12.2 Å². The van der Waals surface area contributed by atoms with Crippen molar-refractivity contribution in [1.82, 2.24) is 0 Å². The molecule has 118 valence electrons. The first-order valence-electron chi connectivity index (χ1n) is 3.76. The van der Waals surface area contributed by atoms with Crippen LogP contribution in [0, 0.1) is 50.6 Å². The van der Waals surface area contributed by atoms with Crippen molar-refractivity contribution < 1.29 is 31.9 Å². The van der Waals surface area contributed by atoms with E-state index in [0.29, 0.717) is 0 Å². The van der Waals surface area contributed by atoms with Gasteiger partial charge in [0.15, 0.2) is 0 Å². The smallest absolute Gasteiger partial charge is 0.0402 e. The van der Waals surface area contributed by atoms with Crippen molar-refractivity contribution >= 4 is 0 Å². The number of hydrogen-bond acceptors (Lipinski definition) is 2. The molecule has 0 aromatic rings. The average molecular weight is 295 g/mol. The van der Waals surface area contributed by atoms with E-state index in [1.165, 1.54) is 0 Å². The molecule has 2 nitrogen and oxygen atoms in total. The zero-order chi connectivity index (χ0) is 8.95. The van der Waals surface area contributed by atoms with Crippen LogP contribution in [-0.2, 0) is 21.7 Å². The van der Waals surface area contributed by atoms with E-state index in [9.17, 15) is 0 Å². The van der Waals surface area contributed by atoms with Crippen molar-refractivity contribution in [2.75, 3.05) is 13.2 Å². The van der Waals surface area contributed by atoms with Gasteiger partial charge in [-0.05, 0) is 13.8 Å². The van der Waals surface area contributed by atoms with Gasteiger partial charge in [0.2, 0.25) is 0 Å². The summed E-state index contributed by atoms with van der Waals surface area (Å²) in [6.07, 6.45) is 10.0. The van der Waals surface area contributed by atoms with E-state index in [1.54, 1.807) is 13.8 Å². The van der Waals surface area contributed by atoms with Crippen molar-refractivity contribution in [2.24, 2.45) is 0 Å². The van der Waals surface area contributed by atoms with E-state index < -0.39 is 0 Å². The summed E-state index contributed by atoms with van der Waals surface area (Å²) in [5.74, 6) is 0. The van der Waals surface area contributed by atoms with Gasteiger partial charge >= 0.3 is 0 Å². The maximum absolute atomic E-state index is 7.57. The fourth-order valence-corrected chi connectivity index (χ4v) is 0.340. The number of rotatable bonds is 0. The normalized spacial score (nSPS) is 6.89. The minimum Gasteiger partial charge on any atom is -0.397 e. The summed E-state index contributed by atoms with van der Waals surface area (Å²) in [4.78, 5) is 0. The molecule has 2 N–H and O–H groups in total. The Morgan fingerprint density at radius 1 is 0.889 bits per heavy atom. The molecule has 0 saturated carbocycles. The summed E-state index contributed by atoms with van der Waals surface area (Å²) in [5.41, 5.74) is 0. The Morgan fingerprint density at radius 2 is 1.17 bits per heavy atom. The molecular weight excluding hydrogens is 260 g/mol. The van der Waals surface area contributed by atoms with Gasteiger partial charge in [0.05, 0.1) is 0 Å². The molecule has 0 aromatic carbocycles. The van der Waals surface area contributed by atoms with Crippen molar-refractivity contribution in [3.8, 4) is 0 Å². The van der Waals surface area contributed by atoms with Crippen LogP contribution in [0.1, 0.15) is 20.3 Å². The fourth-order valence-electron chi connectivity index (χ4n) is 0.340. The van der Waals surface area contributed by atoms with Gasteiger partial charge in [0.25, 0.3) is 0 Å². The zero-order valence-electron chi connectivity index (χ0n) is 13.7. The molecule has 1 rings (SSSR count). The molecular formula is C15H35O2Ti-7. The molecule has 0 heterocycles. The van der Waals surface area contributed by atoms with Gasteiger partial charge in [-0.25, -0.2) is 12.2 Å². The summed E-state index contributed by atoms with van der Waals surface area (Å²) < 4.78 is 0. The maximum Gasteiger partial charge on any atom is 0.0402 e. The monoisotopic (exact) mass is 295 g/mol. The third-order valence-electron chi connectivity index (χ3n) is 0.586. The van der Waals surface area contributed by atoms with Crippen LogP contribution in [0.2, 0.25) is 0 Å². The Balaban J connectivity index is -0.00000000837. The van der Waals surface area contributed by atoms with Crippen molar-refractivity contribution in [1.29, 1.82) is 0 Å². The molecule has 0 unspecified atom stereocenters. The summed E-state index contributed by atoms with van der Waals surface area (Å²) in [5, 5.41) is 15.1. The van der Waals surface area contributed by atoms with E-state index in [0.717, 1.165) is 6.42 Å². The standard InChI is InChI=1S/C5H5.2C2H6O.6CH3.Ti/c1-2-4-5-3-1;2*1-2-3;;;;;;;/h1-3H,4H2;2*3H,2H2,1H3;6*1H3;/q-1;;;6*-1;. The van der Waals surface area contributed by atoms with E-state index >= 15 is 0 Å². The zero-order valence-corrected chi connectivity index (χ0v) is 15.3. The third kappa shape index (κ3) is 141. The average Bonchev–Trinajstić information content (AvgIpc) is 2.44. The predicted molar refractivity (Wildman–Crippen MR) is 85.6 cm³/mol. The number of aliphatic hydroxyl groups is 2. The molecule has 0 radical (unpaired) electrons. The van der Waals surface area contributed by atoms with E-state index in [-0.39, 0.29) is 79.5 Å². The van der Waals surface area contributed by atoms with Crippen molar-refractivity contribution in [3.63, 3.8) is 0 Å².